The van der Waals surface area contributed by atoms with E-state index in [1.807, 2.05) is 32.9 Å². The van der Waals surface area contributed by atoms with Gasteiger partial charge in [-0.05, 0) is 107 Å². The van der Waals surface area contributed by atoms with Crippen LogP contribution >= 0.6 is 0 Å². The molecule has 0 aliphatic heterocycles. The van der Waals surface area contributed by atoms with Gasteiger partial charge in [0, 0.05) is 11.0 Å². The largest absolute Gasteiger partial charge is 0.465 e. The van der Waals surface area contributed by atoms with Crippen molar-refractivity contribution in [1.82, 2.24) is 0 Å². The van der Waals surface area contributed by atoms with E-state index >= 15 is 0 Å². The highest BCUT2D eigenvalue weighted by Crippen LogP contribution is 2.28. The van der Waals surface area contributed by atoms with Crippen molar-refractivity contribution in [3.8, 4) is 16.9 Å². The summed E-state index contributed by atoms with van der Waals surface area (Å²) in [5.74, 6) is -0.432. The number of hydrogen-bond acceptors (Lipinski definition) is 8. The number of aryl methyl sites for hydroxylation is 2. The summed E-state index contributed by atoms with van der Waals surface area (Å²) in [6, 6.07) is 12.4. The zero-order chi connectivity index (χ0) is 31.0. The van der Waals surface area contributed by atoms with Gasteiger partial charge in [-0.1, -0.05) is 31.4 Å². The second-order valence-corrected chi connectivity index (χ2v) is 11.5. The number of aliphatic hydroxyl groups is 1. The molecule has 2 aromatic carbocycles. The maximum absolute atomic E-state index is 13.1. The van der Waals surface area contributed by atoms with E-state index in [4.69, 9.17) is 18.6 Å². The highest BCUT2D eigenvalue weighted by atomic mass is 16.6. The highest BCUT2D eigenvalue weighted by Gasteiger charge is 2.22. The number of carbonyl (C=O) groups is 2. The molecule has 0 aliphatic rings. The molecule has 0 bridgehead atoms. The molecule has 0 amide bonds. The van der Waals surface area contributed by atoms with Gasteiger partial charge in [-0.25, -0.2) is 9.59 Å². The zero-order valence-corrected chi connectivity index (χ0v) is 25.1. The highest BCUT2D eigenvalue weighted by molar-refractivity contribution is 5.89. The van der Waals surface area contributed by atoms with Gasteiger partial charge in [0.25, 0.3) is 0 Å². The molecule has 1 aromatic heterocycles. The molecular formula is C34H40O8. The molecule has 8 nitrogen and oxygen atoms in total. The number of aliphatic hydroxyl groups excluding tert-OH is 1. The van der Waals surface area contributed by atoms with Gasteiger partial charge in [0.2, 0.25) is 0 Å². The van der Waals surface area contributed by atoms with E-state index in [0.29, 0.717) is 66.9 Å². The predicted octanol–water partition coefficient (Wildman–Crippen LogP) is 6.31. The quantitative estimate of drug-likeness (QED) is 0.0479. The number of hydrogen-bond donors (Lipinski definition) is 1. The van der Waals surface area contributed by atoms with E-state index in [9.17, 15) is 19.5 Å². The fourth-order valence-electron chi connectivity index (χ4n) is 4.06. The van der Waals surface area contributed by atoms with Gasteiger partial charge in [-0.15, -0.1) is 0 Å². The number of ether oxygens (including phenoxy) is 3. The van der Waals surface area contributed by atoms with Crippen LogP contribution in [0.1, 0.15) is 58.6 Å². The Hall–Kier alpha value is -4.01. The molecule has 0 saturated heterocycles. The summed E-state index contributed by atoms with van der Waals surface area (Å²) in [6.45, 7) is 16.6. The number of esters is 2. The summed E-state index contributed by atoms with van der Waals surface area (Å²) in [6.07, 6.45) is 1.40. The minimum atomic E-state index is -1.03. The third-order valence-electron chi connectivity index (χ3n) is 6.44. The van der Waals surface area contributed by atoms with Crippen molar-refractivity contribution in [1.29, 1.82) is 0 Å². The van der Waals surface area contributed by atoms with Crippen LogP contribution in [-0.2, 0) is 31.9 Å². The summed E-state index contributed by atoms with van der Waals surface area (Å²) in [5.41, 5.74) is 3.07. The van der Waals surface area contributed by atoms with E-state index < -0.39 is 23.3 Å². The molecular weight excluding hydrogens is 536 g/mol. The van der Waals surface area contributed by atoms with Crippen LogP contribution in [0.25, 0.3) is 22.1 Å². The Bertz CT molecular complexity index is 1510. The number of benzene rings is 2. The average molecular weight is 577 g/mol. The molecule has 224 valence electrons. The first kappa shape index (κ1) is 32.5. The molecule has 1 atom stereocenters. The molecule has 42 heavy (non-hydrogen) atoms. The van der Waals surface area contributed by atoms with E-state index in [1.165, 1.54) is 0 Å². The molecule has 8 heteroatoms. The predicted molar refractivity (Wildman–Crippen MR) is 162 cm³/mol. The minimum absolute atomic E-state index is 0.245. The molecule has 0 spiro atoms. The zero-order valence-electron chi connectivity index (χ0n) is 25.1. The SMILES string of the molecule is C=C(C)C(=O)Oc1ccc(-c2cc3cc(CCCOC(=O)C(C)(C)C)cc(CCCOC(O)C(=C)C)c3oc2=O)cc1. The molecule has 3 aromatic rings. The molecule has 1 heterocycles. The lowest BCUT2D eigenvalue weighted by Crippen LogP contribution is -2.23. The Morgan fingerprint density at radius 1 is 0.976 bits per heavy atom. The fourth-order valence-corrected chi connectivity index (χ4v) is 4.06. The number of rotatable bonds is 13. The van der Waals surface area contributed by atoms with Gasteiger partial charge in [0.1, 0.15) is 11.3 Å². The van der Waals surface area contributed by atoms with Crippen molar-refractivity contribution >= 4 is 22.9 Å². The van der Waals surface area contributed by atoms with Gasteiger partial charge < -0.3 is 23.7 Å². The summed E-state index contributed by atoms with van der Waals surface area (Å²) in [7, 11) is 0. The van der Waals surface area contributed by atoms with Crippen LogP contribution in [0.4, 0.5) is 0 Å². The molecule has 3 rings (SSSR count). The molecule has 1 N–H and O–H groups in total. The summed E-state index contributed by atoms with van der Waals surface area (Å²) >= 11 is 0. The smallest absolute Gasteiger partial charge is 0.344 e. The Morgan fingerprint density at radius 3 is 2.26 bits per heavy atom. The molecule has 0 fully saturated rings. The second kappa shape index (κ2) is 14.2. The van der Waals surface area contributed by atoms with Crippen molar-refractivity contribution in [2.45, 2.75) is 66.6 Å². The summed E-state index contributed by atoms with van der Waals surface area (Å²) in [4.78, 5) is 37.0. The average Bonchev–Trinajstić information content (AvgIpc) is 2.92. The van der Waals surface area contributed by atoms with Gasteiger partial charge in [0.15, 0.2) is 6.29 Å². The fraction of sp³-hybridized carbons (Fsp3) is 0.382. The number of fused-ring (bicyclic) bond motifs is 1. The Kier molecular flexibility index (Phi) is 11.0. The van der Waals surface area contributed by atoms with E-state index in [1.54, 1.807) is 44.2 Å². The van der Waals surface area contributed by atoms with Gasteiger partial charge >= 0.3 is 17.6 Å². The second-order valence-electron chi connectivity index (χ2n) is 11.5. The summed E-state index contributed by atoms with van der Waals surface area (Å²) in [5, 5.41) is 10.6. The van der Waals surface area contributed by atoms with Crippen LogP contribution in [0.2, 0.25) is 0 Å². The minimum Gasteiger partial charge on any atom is -0.465 e. The normalized spacial score (nSPS) is 12.1. The number of carbonyl (C=O) groups excluding carboxylic acids is 2. The van der Waals surface area contributed by atoms with Gasteiger partial charge in [-0.3, -0.25) is 4.79 Å². The Labute approximate surface area is 246 Å². The molecule has 0 aliphatic carbocycles. The first-order valence-corrected chi connectivity index (χ1v) is 14.0. The lowest BCUT2D eigenvalue weighted by atomic mass is 9.97. The summed E-state index contributed by atoms with van der Waals surface area (Å²) < 4.78 is 21.9. The van der Waals surface area contributed by atoms with E-state index in [2.05, 4.69) is 13.2 Å². The first-order valence-electron chi connectivity index (χ1n) is 14.0. The first-order chi connectivity index (χ1) is 19.8. The standard InChI is InChI=1S/C34H40O8/c1-21(2)30(35)39-16-9-11-25-18-23(10-8-17-40-33(38)34(5,6)7)19-26-20-28(32(37)42-29(25)26)24-12-14-27(15-13-24)41-31(36)22(3)4/h12-15,18-20,30,35H,1,3,8-11,16-17H2,2,4-7H3. The Morgan fingerprint density at radius 2 is 1.64 bits per heavy atom. The lowest BCUT2D eigenvalue weighted by molar-refractivity contribution is -0.153. The van der Waals surface area contributed by atoms with Gasteiger partial charge in [0.05, 0.1) is 24.2 Å². The van der Waals surface area contributed by atoms with Crippen LogP contribution in [0.5, 0.6) is 5.75 Å². The van der Waals surface area contributed by atoms with Crippen LogP contribution in [0.3, 0.4) is 0 Å². The van der Waals surface area contributed by atoms with Crippen molar-refractivity contribution < 1.29 is 33.3 Å². The van der Waals surface area contributed by atoms with Crippen molar-refractivity contribution in [2.24, 2.45) is 5.41 Å². The van der Waals surface area contributed by atoms with E-state index in [0.717, 1.165) is 16.5 Å². The molecule has 1 unspecified atom stereocenters. The van der Waals surface area contributed by atoms with Crippen LogP contribution < -0.4 is 10.4 Å². The third kappa shape index (κ3) is 8.99. The van der Waals surface area contributed by atoms with Crippen molar-refractivity contribution in [3.63, 3.8) is 0 Å². The topological polar surface area (TPSA) is 112 Å². The van der Waals surface area contributed by atoms with E-state index in [-0.39, 0.29) is 11.5 Å². The molecule has 0 saturated carbocycles. The van der Waals surface area contributed by atoms with Crippen LogP contribution in [0, 0.1) is 5.41 Å². The van der Waals surface area contributed by atoms with Crippen molar-refractivity contribution in [2.75, 3.05) is 13.2 Å². The molecule has 0 radical (unpaired) electrons. The maximum Gasteiger partial charge on any atom is 0.344 e. The lowest BCUT2D eigenvalue weighted by Gasteiger charge is -2.16. The van der Waals surface area contributed by atoms with Crippen LogP contribution in [-0.4, -0.2) is 36.5 Å². The van der Waals surface area contributed by atoms with Crippen LogP contribution in [0.15, 0.2) is 76.0 Å². The monoisotopic (exact) mass is 576 g/mol. The Balaban J connectivity index is 1.88. The third-order valence-corrected chi connectivity index (χ3v) is 6.44. The van der Waals surface area contributed by atoms with Gasteiger partial charge in [-0.2, -0.15) is 0 Å². The van der Waals surface area contributed by atoms with Crippen molar-refractivity contribution in [3.05, 3.63) is 88.3 Å². The maximum atomic E-state index is 13.1.